The van der Waals surface area contributed by atoms with E-state index in [2.05, 4.69) is 4.72 Å². The lowest BCUT2D eigenvalue weighted by atomic mass is 9.97. The molecule has 6 nitrogen and oxygen atoms in total. The van der Waals surface area contributed by atoms with Gasteiger partial charge in [-0.3, -0.25) is 4.79 Å². The number of hydrogen-bond donors (Lipinski definition) is 2. The number of carbonyl (C=O) groups excluding carboxylic acids is 1. The molecule has 0 aromatic carbocycles. The van der Waals surface area contributed by atoms with Crippen LogP contribution in [-0.2, 0) is 14.8 Å². The summed E-state index contributed by atoms with van der Waals surface area (Å²) in [4.78, 5) is 14.0. The van der Waals surface area contributed by atoms with Crippen molar-refractivity contribution in [3.63, 3.8) is 0 Å². The minimum Gasteiger partial charge on any atom is -0.338 e. The van der Waals surface area contributed by atoms with E-state index in [1.54, 1.807) is 4.90 Å². The van der Waals surface area contributed by atoms with Gasteiger partial charge in [0.1, 0.15) is 0 Å². The van der Waals surface area contributed by atoms with Gasteiger partial charge in [-0.15, -0.1) is 0 Å². The van der Waals surface area contributed by atoms with Gasteiger partial charge < -0.3 is 10.6 Å². The summed E-state index contributed by atoms with van der Waals surface area (Å²) in [5, 5.41) is 0. The molecule has 1 fully saturated rings. The number of nitrogens with zero attached hydrogens (tertiary/aromatic N) is 1. The van der Waals surface area contributed by atoms with Gasteiger partial charge in [-0.25, -0.2) is 13.1 Å². The molecule has 1 saturated heterocycles. The molecule has 1 aliphatic rings. The van der Waals surface area contributed by atoms with Crippen LogP contribution in [0.25, 0.3) is 0 Å². The molecule has 0 bridgehead atoms. The lowest BCUT2D eigenvalue weighted by molar-refractivity contribution is -0.135. The zero-order valence-corrected chi connectivity index (χ0v) is 12.8. The zero-order chi connectivity index (χ0) is 14.7. The molecule has 0 aromatic rings. The Morgan fingerprint density at radius 1 is 1.42 bits per heavy atom. The number of nitrogens with two attached hydrogens (primary N) is 1. The van der Waals surface area contributed by atoms with Crippen LogP contribution in [0.15, 0.2) is 0 Å². The summed E-state index contributed by atoms with van der Waals surface area (Å²) in [6.45, 7) is 4.61. The summed E-state index contributed by atoms with van der Waals surface area (Å²) < 4.78 is 24.8. The molecule has 0 radical (unpaired) electrons. The lowest BCUT2D eigenvalue weighted by Gasteiger charge is -2.37. The Hall–Kier alpha value is -0.660. The normalized spacial score (nSPS) is 21.5. The van der Waals surface area contributed by atoms with Gasteiger partial charge in [-0.05, 0) is 33.1 Å². The van der Waals surface area contributed by atoms with Gasteiger partial charge in [-0.1, -0.05) is 0 Å². The molecule has 19 heavy (non-hydrogen) atoms. The summed E-state index contributed by atoms with van der Waals surface area (Å²) in [5.74, 6) is 0.00695. The minimum absolute atomic E-state index is 0.00695. The molecular formula is C12H25N3O3S. The molecular weight excluding hydrogens is 266 g/mol. The number of likely N-dealkylation sites (tertiary alicyclic amines) is 1. The van der Waals surface area contributed by atoms with E-state index >= 15 is 0 Å². The van der Waals surface area contributed by atoms with Gasteiger partial charge in [0.05, 0.1) is 6.26 Å². The van der Waals surface area contributed by atoms with E-state index in [1.807, 2.05) is 13.8 Å². The highest BCUT2D eigenvalue weighted by atomic mass is 32.2. The van der Waals surface area contributed by atoms with E-state index in [0.717, 1.165) is 25.5 Å². The third-order valence-corrected chi connectivity index (χ3v) is 3.83. The van der Waals surface area contributed by atoms with Crippen molar-refractivity contribution in [2.75, 3.05) is 19.3 Å². The van der Waals surface area contributed by atoms with Crippen LogP contribution in [0.2, 0.25) is 0 Å². The fourth-order valence-electron chi connectivity index (χ4n) is 2.28. The molecule has 112 valence electrons. The maximum atomic E-state index is 12.2. The topological polar surface area (TPSA) is 92.5 Å². The van der Waals surface area contributed by atoms with Crippen molar-refractivity contribution in [3.05, 3.63) is 0 Å². The highest BCUT2D eigenvalue weighted by Crippen LogP contribution is 2.19. The third kappa shape index (κ3) is 6.35. The summed E-state index contributed by atoms with van der Waals surface area (Å²) in [7, 11) is -3.22. The van der Waals surface area contributed by atoms with E-state index in [-0.39, 0.29) is 24.9 Å². The number of hydrogen-bond acceptors (Lipinski definition) is 4. The number of carbonyl (C=O) groups is 1. The Bertz CT molecular complexity index is 414. The largest absolute Gasteiger partial charge is 0.338 e. The smallest absolute Gasteiger partial charge is 0.224 e. The fraction of sp³-hybridized carbons (Fsp3) is 0.917. The molecule has 0 saturated carbocycles. The highest BCUT2D eigenvalue weighted by Gasteiger charge is 2.29. The Labute approximate surface area is 115 Å². The molecule has 1 rings (SSSR count). The van der Waals surface area contributed by atoms with Crippen molar-refractivity contribution in [2.24, 2.45) is 5.73 Å². The maximum absolute atomic E-state index is 12.2. The van der Waals surface area contributed by atoms with Crippen LogP contribution in [-0.4, -0.2) is 50.2 Å². The van der Waals surface area contributed by atoms with E-state index in [0.29, 0.717) is 6.54 Å². The van der Waals surface area contributed by atoms with Crippen molar-refractivity contribution < 1.29 is 13.2 Å². The molecule has 0 spiro atoms. The Kier molecular flexibility index (Phi) is 5.34. The van der Waals surface area contributed by atoms with Crippen molar-refractivity contribution in [2.45, 2.75) is 51.1 Å². The lowest BCUT2D eigenvalue weighted by Crippen LogP contribution is -2.51. The van der Waals surface area contributed by atoms with Crippen molar-refractivity contribution in [1.29, 1.82) is 0 Å². The first-order valence-electron chi connectivity index (χ1n) is 6.61. The van der Waals surface area contributed by atoms with Crippen LogP contribution in [0, 0.1) is 0 Å². The molecule has 1 aliphatic heterocycles. The second kappa shape index (κ2) is 6.19. The van der Waals surface area contributed by atoms with Gasteiger partial charge >= 0.3 is 0 Å². The van der Waals surface area contributed by atoms with Crippen molar-refractivity contribution in [3.8, 4) is 0 Å². The fourth-order valence-corrected chi connectivity index (χ4v) is 2.78. The third-order valence-electron chi connectivity index (χ3n) is 3.14. The molecule has 1 unspecified atom stereocenters. The van der Waals surface area contributed by atoms with E-state index in [9.17, 15) is 13.2 Å². The Morgan fingerprint density at radius 3 is 2.58 bits per heavy atom. The average Bonchev–Trinajstić information content (AvgIpc) is 2.23. The van der Waals surface area contributed by atoms with Crippen molar-refractivity contribution >= 4 is 15.9 Å². The number of piperidine rings is 1. The summed E-state index contributed by atoms with van der Waals surface area (Å²) in [6.07, 6.45) is 4.23. The first-order chi connectivity index (χ1) is 8.58. The minimum atomic E-state index is -3.22. The zero-order valence-electron chi connectivity index (χ0n) is 12.0. The van der Waals surface area contributed by atoms with Crippen LogP contribution in [0.1, 0.15) is 39.5 Å². The quantitative estimate of drug-likeness (QED) is 0.748. The molecule has 3 N–H and O–H groups in total. The van der Waals surface area contributed by atoms with Crippen LogP contribution in [0.5, 0.6) is 0 Å². The predicted octanol–water partition coefficient (Wildman–Crippen LogP) is 0.0441. The number of rotatable bonds is 5. The first-order valence-corrected chi connectivity index (χ1v) is 8.51. The van der Waals surface area contributed by atoms with Gasteiger partial charge in [0, 0.05) is 31.1 Å². The Morgan fingerprint density at radius 2 is 2.05 bits per heavy atom. The van der Waals surface area contributed by atoms with Gasteiger partial charge in [0.15, 0.2) is 0 Å². The molecule has 7 heteroatoms. The number of amides is 1. The molecule has 1 amide bonds. The van der Waals surface area contributed by atoms with E-state index < -0.39 is 15.6 Å². The second-order valence-corrected chi connectivity index (χ2v) is 7.86. The summed E-state index contributed by atoms with van der Waals surface area (Å²) in [5.41, 5.74) is 5.33. The van der Waals surface area contributed by atoms with Crippen LogP contribution in [0.4, 0.5) is 0 Å². The van der Waals surface area contributed by atoms with Gasteiger partial charge in [-0.2, -0.15) is 0 Å². The summed E-state index contributed by atoms with van der Waals surface area (Å²) >= 11 is 0. The van der Waals surface area contributed by atoms with Crippen LogP contribution >= 0.6 is 0 Å². The first kappa shape index (κ1) is 16.4. The predicted molar refractivity (Wildman–Crippen MR) is 75.1 cm³/mol. The van der Waals surface area contributed by atoms with Gasteiger partial charge in [0.2, 0.25) is 15.9 Å². The SMILES string of the molecule is CC(C)(N)CC(=O)N1CCCCC1CNS(C)(=O)=O. The number of nitrogens with one attached hydrogen (secondary N) is 1. The Balaban J connectivity index is 2.64. The maximum Gasteiger partial charge on any atom is 0.224 e. The summed E-state index contributed by atoms with van der Waals surface area (Å²) in [6, 6.07) is -0.0571. The molecule has 1 heterocycles. The standard InChI is InChI=1S/C12H25N3O3S/c1-12(2,13)8-11(16)15-7-5-4-6-10(15)9-14-19(3,17)18/h10,14H,4-9,13H2,1-3H3. The molecule has 1 atom stereocenters. The molecule has 0 aromatic heterocycles. The van der Waals surface area contributed by atoms with Crippen molar-refractivity contribution in [1.82, 2.24) is 9.62 Å². The van der Waals surface area contributed by atoms with Crippen LogP contribution < -0.4 is 10.5 Å². The van der Waals surface area contributed by atoms with Crippen LogP contribution in [0.3, 0.4) is 0 Å². The average molecular weight is 291 g/mol. The molecule has 0 aliphatic carbocycles. The van der Waals surface area contributed by atoms with E-state index in [4.69, 9.17) is 5.73 Å². The highest BCUT2D eigenvalue weighted by molar-refractivity contribution is 7.88. The number of sulfonamides is 1. The monoisotopic (exact) mass is 291 g/mol. The van der Waals surface area contributed by atoms with E-state index in [1.165, 1.54) is 0 Å². The second-order valence-electron chi connectivity index (χ2n) is 6.02. The van der Waals surface area contributed by atoms with Gasteiger partial charge in [0.25, 0.3) is 0 Å².